The monoisotopic (exact) mass is 350 g/mol. The second-order valence-corrected chi connectivity index (χ2v) is 6.30. The molecule has 0 saturated carbocycles. The van der Waals surface area contributed by atoms with Gasteiger partial charge in [-0.1, -0.05) is 35.3 Å². The Labute approximate surface area is 143 Å². The van der Waals surface area contributed by atoms with Gasteiger partial charge >= 0.3 is 0 Å². The number of carbonyl (C=O) groups excluding carboxylic acids is 1. The second kappa shape index (κ2) is 8.09. The lowest BCUT2D eigenvalue weighted by Gasteiger charge is -2.06. The Morgan fingerprint density at radius 1 is 1.18 bits per heavy atom. The molecule has 0 heterocycles. The summed E-state index contributed by atoms with van der Waals surface area (Å²) in [6, 6.07) is 14.3. The quantitative estimate of drug-likeness (QED) is 0.847. The van der Waals surface area contributed by atoms with Crippen LogP contribution in [0.4, 0.5) is 5.69 Å². The Morgan fingerprint density at radius 2 is 1.91 bits per heavy atom. The number of halogens is 2. The molecule has 0 aliphatic heterocycles. The van der Waals surface area contributed by atoms with Crippen LogP contribution in [0.1, 0.15) is 11.1 Å². The van der Waals surface area contributed by atoms with Crippen molar-refractivity contribution in [3.63, 3.8) is 0 Å². The molecule has 0 aromatic heterocycles. The molecule has 2 aromatic rings. The minimum Gasteiger partial charge on any atom is -0.325 e. The second-order valence-electron chi connectivity index (χ2n) is 4.47. The highest BCUT2D eigenvalue weighted by Crippen LogP contribution is 2.20. The van der Waals surface area contributed by atoms with Crippen LogP contribution in [0.2, 0.25) is 10.0 Å². The van der Waals surface area contributed by atoms with Gasteiger partial charge in [0.1, 0.15) is 6.07 Å². The summed E-state index contributed by atoms with van der Waals surface area (Å²) in [6.45, 7) is 0. The zero-order valence-corrected chi connectivity index (χ0v) is 13.8. The largest absolute Gasteiger partial charge is 0.325 e. The lowest BCUT2D eigenvalue weighted by molar-refractivity contribution is -0.113. The first kappa shape index (κ1) is 16.7. The summed E-state index contributed by atoms with van der Waals surface area (Å²) in [5.74, 6) is 0.937. The average molecular weight is 351 g/mol. The summed E-state index contributed by atoms with van der Waals surface area (Å²) in [7, 11) is 0. The molecule has 0 aliphatic carbocycles. The van der Waals surface area contributed by atoms with Gasteiger partial charge in [0.05, 0.1) is 16.3 Å². The zero-order valence-electron chi connectivity index (χ0n) is 11.5. The Balaban J connectivity index is 1.83. The number of hydrogen-bond acceptors (Lipinski definition) is 3. The highest BCUT2D eigenvalue weighted by Gasteiger charge is 2.06. The Morgan fingerprint density at radius 3 is 2.59 bits per heavy atom. The average Bonchev–Trinajstić information content (AvgIpc) is 2.51. The zero-order chi connectivity index (χ0) is 15.9. The predicted octanol–water partition coefficient (Wildman–Crippen LogP) is 4.74. The fourth-order valence-corrected chi connectivity index (χ4v) is 2.80. The number of nitriles is 1. The first-order valence-electron chi connectivity index (χ1n) is 6.40. The van der Waals surface area contributed by atoms with Gasteiger partial charge in [-0.05, 0) is 35.9 Å². The molecule has 2 aromatic carbocycles. The van der Waals surface area contributed by atoms with E-state index in [0.29, 0.717) is 27.0 Å². The van der Waals surface area contributed by atoms with Crippen molar-refractivity contribution in [3.05, 3.63) is 63.6 Å². The molecule has 0 radical (unpaired) electrons. The third-order valence-electron chi connectivity index (χ3n) is 2.79. The molecule has 2 rings (SSSR count). The molecule has 0 fully saturated rings. The molecular weight excluding hydrogens is 339 g/mol. The normalized spacial score (nSPS) is 10.0. The van der Waals surface area contributed by atoms with Crippen LogP contribution in [0.25, 0.3) is 0 Å². The van der Waals surface area contributed by atoms with Crippen LogP contribution in [-0.4, -0.2) is 11.7 Å². The number of amides is 1. The predicted molar refractivity (Wildman–Crippen MR) is 92.4 cm³/mol. The fraction of sp³-hybridized carbons (Fsp3) is 0.125. The Hall–Kier alpha value is -1.67. The summed E-state index contributed by atoms with van der Waals surface area (Å²) in [5, 5.41) is 12.7. The van der Waals surface area contributed by atoms with E-state index in [2.05, 4.69) is 5.32 Å². The molecule has 0 spiro atoms. The van der Waals surface area contributed by atoms with Crippen molar-refractivity contribution >= 4 is 46.6 Å². The summed E-state index contributed by atoms with van der Waals surface area (Å²) in [5.41, 5.74) is 2.02. The molecule has 112 valence electrons. The molecule has 1 amide bonds. The maximum atomic E-state index is 11.9. The van der Waals surface area contributed by atoms with E-state index in [1.807, 2.05) is 30.3 Å². The number of anilines is 1. The molecule has 6 heteroatoms. The van der Waals surface area contributed by atoms with Crippen molar-refractivity contribution in [1.82, 2.24) is 0 Å². The number of carbonyl (C=O) groups is 1. The van der Waals surface area contributed by atoms with E-state index in [0.717, 1.165) is 11.3 Å². The van der Waals surface area contributed by atoms with Gasteiger partial charge in [-0.2, -0.15) is 5.26 Å². The van der Waals surface area contributed by atoms with E-state index in [-0.39, 0.29) is 5.91 Å². The third-order valence-corrected chi connectivity index (χ3v) is 4.37. The highest BCUT2D eigenvalue weighted by molar-refractivity contribution is 7.99. The molecule has 0 bridgehead atoms. The number of nitrogens with one attached hydrogen (secondary N) is 1. The van der Waals surface area contributed by atoms with Crippen molar-refractivity contribution < 1.29 is 4.79 Å². The first-order valence-corrected chi connectivity index (χ1v) is 8.31. The van der Waals surface area contributed by atoms with Gasteiger partial charge in [-0.25, -0.2) is 0 Å². The third kappa shape index (κ3) is 4.96. The smallest absolute Gasteiger partial charge is 0.234 e. The number of rotatable bonds is 5. The number of benzene rings is 2. The maximum Gasteiger partial charge on any atom is 0.234 e. The topological polar surface area (TPSA) is 52.9 Å². The number of thioether (sulfide) groups is 1. The van der Waals surface area contributed by atoms with Crippen LogP contribution in [0, 0.1) is 11.3 Å². The number of hydrogen-bond donors (Lipinski definition) is 1. The van der Waals surface area contributed by atoms with E-state index in [9.17, 15) is 4.79 Å². The van der Waals surface area contributed by atoms with Crippen LogP contribution < -0.4 is 5.32 Å². The molecule has 1 N–H and O–H groups in total. The lowest BCUT2D eigenvalue weighted by atomic mass is 10.2. The van der Waals surface area contributed by atoms with Crippen molar-refractivity contribution in [2.75, 3.05) is 11.1 Å². The van der Waals surface area contributed by atoms with Crippen LogP contribution in [-0.2, 0) is 10.5 Å². The Bertz CT molecular complexity index is 711. The van der Waals surface area contributed by atoms with Crippen molar-refractivity contribution in [2.24, 2.45) is 0 Å². The minimum absolute atomic E-state index is 0.120. The fourth-order valence-electron chi connectivity index (χ4n) is 1.73. The van der Waals surface area contributed by atoms with E-state index in [1.165, 1.54) is 11.8 Å². The van der Waals surface area contributed by atoms with E-state index >= 15 is 0 Å². The summed E-state index contributed by atoms with van der Waals surface area (Å²) >= 11 is 13.2. The summed E-state index contributed by atoms with van der Waals surface area (Å²) in [4.78, 5) is 11.9. The first-order chi connectivity index (χ1) is 10.6. The Kier molecular flexibility index (Phi) is 6.14. The van der Waals surface area contributed by atoms with Gasteiger partial charge in [0.25, 0.3) is 0 Å². The highest BCUT2D eigenvalue weighted by atomic mass is 35.5. The van der Waals surface area contributed by atoms with Gasteiger partial charge in [0.2, 0.25) is 5.91 Å². The molecule has 0 atom stereocenters. The van der Waals surface area contributed by atoms with Crippen LogP contribution in [0.15, 0.2) is 42.5 Å². The van der Waals surface area contributed by atoms with Crippen molar-refractivity contribution in [3.8, 4) is 6.07 Å². The molecule has 22 heavy (non-hydrogen) atoms. The summed E-state index contributed by atoms with van der Waals surface area (Å²) in [6.07, 6.45) is 0. The SMILES string of the molecule is N#Cc1cc(NC(=O)CSCc2ccc(Cl)cc2)ccc1Cl. The van der Waals surface area contributed by atoms with Crippen LogP contribution in [0.5, 0.6) is 0 Å². The maximum absolute atomic E-state index is 11.9. The molecule has 0 saturated heterocycles. The molecule has 0 unspecified atom stereocenters. The van der Waals surface area contributed by atoms with E-state index in [4.69, 9.17) is 28.5 Å². The lowest BCUT2D eigenvalue weighted by Crippen LogP contribution is -2.14. The molecule has 0 aliphatic rings. The standard InChI is InChI=1S/C16H12Cl2N2OS/c17-13-3-1-11(2-4-13)9-22-10-16(21)20-14-5-6-15(18)12(7-14)8-19/h1-7H,9-10H2,(H,20,21). The van der Waals surface area contributed by atoms with Crippen molar-refractivity contribution in [1.29, 1.82) is 5.26 Å². The summed E-state index contributed by atoms with van der Waals surface area (Å²) < 4.78 is 0. The van der Waals surface area contributed by atoms with Gasteiger partial charge in [0, 0.05) is 16.5 Å². The van der Waals surface area contributed by atoms with Gasteiger partial charge in [-0.3, -0.25) is 4.79 Å². The molecular formula is C16H12Cl2N2OS. The van der Waals surface area contributed by atoms with Gasteiger partial charge in [0.15, 0.2) is 0 Å². The van der Waals surface area contributed by atoms with E-state index < -0.39 is 0 Å². The minimum atomic E-state index is -0.120. The van der Waals surface area contributed by atoms with Crippen LogP contribution in [0.3, 0.4) is 0 Å². The van der Waals surface area contributed by atoms with Gasteiger partial charge in [-0.15, -0.1) is 11.8 Å². The number of nitrogens with zero attached hydrogens (tertiary/aromatic N) is 1. The van der Waals surface area contributed by atoms with E-state index in [1.54, 1.807) is 18.2 Å². The van der Waals surface area contributed by atoms with Gasteiger partial charge < -0.3 is 5.32 Å². The van der Waals surface area contributed by atoms with Crippen LogP contribution >= 0.6 is 35.0 Å². The molecule has 3 nitrogen and oxygen atoms in total. The van der Waals surface area contributed by atoms with Crippen molar-refractivity contribution in [2.45, 2.75) is 5.75 Å².